The minimum atomic E-state index is -0.893. The first-order valence-corrected chi connectivity index (χ1v) is 5.55. The number of anilines is 1. The van der Waals surface area contributed by atoms with Crippen molar-refractivity contribution in [2.45, 2.75) is 6.42 Å². The summed E-state index contributed by atoms with van der Waals surface area (Å²) < 4.78 is 5.11. The molecule has 0 bridgehead atoms. The zero-order valence-electron chi connectivity index (χ0n) is 9.97. The number of benzene rings is 1. The number of aliphatic carboxylic acids is 1. The summed E-state index contributed by atoms with van der Waals surface area (Å²) in [5, 5.41) is 8.86. The van der Waals surface area contributed by atoms with E-state index in [0.29, 0.717) is 29.9 Å². The number of ether oxygens (including phenoxy) is 1. The second-order valence-electron chi connectivity index (χ2n) is 4.03. The van der Waals surface area contributed by atoms with Gasteiger partial charge in [0.25, 0.3) is 0 Å². The predicted molar refractivity (Wildman–Crippen MR) is 66.6 cm³/mol. The van der Waals surface area contributed by atoms with Crippen molar-refractivity contribution in [1.82, 2.24) is 0 Å². The maximum atomic E-state index is 10.9. The normalized spacial score (nSPS) is 13.8. The summed E-state index contributed by atoms with van der Waals surface area (Å²) in [4.78, 5) is 23.4. The molecule has 18 heavy (non-hydrogen) atoms. The number of carboxylic acids is 1. The number of carboxylic acid groups (broad SMARTS) is 1. The van der Waals surface area contributed by atoms with Crippen molar-refractivity contribution in [3.8, 4) is 5.75 Å². The van der Waals surface area contributed by atoms with Crippen LogP contribution in [0.1, 0.15) is 12.0 Å². The Hall–Kier alpha value is -2.26. The first-order valence-electron chi connectivity index (χ1n) is 5.55. The van der Waals surface area contributed by atoms with Gasteiger partial charge in [-0.1, -0.05) is 0 Å². The van der Waals surface area contributed by atoms with E-state index in [4.69, 9.17) is 9.84 Å². The number of hydrogen-bond acceptors (Lipinski definition) is 4. The van der Waals surface area contributed by atoms with Crippen molar-refractivity contribution >= 4 is 23.2 Å². The number of rotatable bonds is 3. The standard InChI is InChI=1S/C13H13NO4/c1-18-10-2-3-12-11(6-10)9(8-15)4-5-14(12)7-13(16)17/h2-3,6H,4-5,7H2,1H3,(H,16,17). The molecule has 94 valence electrons. The van der Waals surface area contributed by atoms with E-state index in [-0.39, 0.29) is 6.54 Å². The summed E-state index contributed by atoms with van der Waals surface area (Å²) in [7, 11) is 1.55. The molecule has 1 aliphatic rings. The van der Waals surface area contributed by atoms with Crippen LogP contribution in [0.4, 0.5) is 5.69 Å². The quantitative estimate of drug-likeness (QED) is 0.813. The van der Waals surface area contributed by atoms with Gasteiger partial charge >= 0.3 is 5.97 Å². The highest BCUT2D eigenvalue weighted by Crippen LogP contribution is 2.35. The summed E-state index contributed by atoms with van der Waals surface area (Å²) in [5.41, 5.74) is 2.00. The van der Waals surface area contributed by atoms with E-state index in [1.165, 1.54) is 0 Å². The van der Waals surface area contributed by atoms with Gasteiger partial charge in [0, 0.05) is 29.8 Å². The number of carbonyl (C=O) groups excluding carboxylic acids is 1. The lowest BCUT2D eigenvalue weighted by molar-refractivity contribution is -0.135. The zero-order valence-corrected chi connectivity index (χ0v) is 9.97. The summed E-state index contributed by atoms with van der Waals surface area (Å²) in [6.07, 6.45) is 0.497. The van der Waals surface area contributed by atoms with Crippen LogP contribution >= 0.6 is 0 Å². The third-order valence-corrected chi connectivity index (χ3v) is 2.95. The Kier molecular flexibility index (Phi) is 3.35. The van der Waals surface area contributed by atoms with Gasteiger partial charge in [-0.2, -0.15) is 0 Å². The highest BCUT2D eigenvalue weighted by molar-refractivity contribution is 5.95. The van der Waals surface area contributed by atoms with E-state index in [0.717, 1.165) is 5.69 Å². The smallest absolute Gasteiger partial charge is 0.323 e. The van der Waals surface area contributed by atoms with Crippen LogP contribution in [0.25, 0.3) is 5.57 Å². The van der Waals surface area contributed by atoms with Gasteiger partial charge in [-0.05, 0) is 18.2 Å². The molecular weight excluding hydrogens is 234 g/mol. The lowest BCUT2D eigenvalue weighted by Gasteiger charge is -2.30. The number of fused-ring (bicyclic) bond motifs is 1. The molecule has 1 aromatic carbocycles. The lowest BCUT2D eigenvalue weighted by atomic mass is 9.96. The van der Waals surface area contributed by atoms with Crippen molar-refractivity contribution in [2.75, 3.05) is 25.1 Å². The fraction of sp³-hybridized carbons (Fsp3) is 0.308. The summed E-state index contributed by atoms with van der Waals surface area (Å²) >= 11 is 0. The second kappa shape index (κ2) is 4.94. The van der Waals surface area contributed by atoms with Crippen LogP contribution in [-0.2, 0) is 9.59 Å². The molecule has 1 aromatic rings. The topological polar surface area (TPSA) is 66.8 Å². The third-order valence-electron chi connectivity index (χ3n) is 2.95. The molecule has 0 unspecified atom stereocenters. The van der Waals surface area contributed by atoms with Gasteiger partial charge in [0.1, 0.15) is 18.2 Å². The van der Waals surface area contributed by atoms with Crippen molar-refractivity contribution in [3.05, 3.63) is 23.8 Å². The van der Waals surface area contributed by atoms with E-state index in [1.807, 2.05) is 5.94 Å². The Balaban J connectivity index is 2.47. The first kappa shape index (κ1) is 12.2. The molecule has 0 saturated heterocycles. The number of carbonyl (C=O) groups is 1. The molecule has 1 aliphatic heterocycles. The first-order chi connectivity index (χ1) is 8.65. The SMILES string of the molecule is COc1ccc2c(c1)C(=C=O)CCN2CC(=O)O. The number of methoxy groups -OCH3 is 1. The minimum absolute atomic E-state index is 0.0779. The maximum absolute atomic E-state index is 10.9. The predicted octanol–water partition coefficient (Wildman–Crippen LogP) is 1.20. The Morgan fingerprint density at radius 3 is 2.94 bits per heavy atom. The molecule has 0 amide bonds. The van der Waals surface area contributed by atoms with Crippen molar-refractivity contribution < 1.29 is 19.4 Å². The van der Waals surface area contributed by atoms with Gasteiger partial charge in [-0.3, -0.25) is 4.79 Å². The summed E-state index contributed by atoms with van der Waals surface area (Å²) in [6, 6.07) is 5.26. The van der Waals surface area contributed by atoms with Crippen molar-refractivity contribution in [2.24, 2.45) is 0 Å². The molecule has 0 fully saturated rings. The van der Waals surface area contributed by atoms with E-state index < -0.39 is 5.97 Å². The second-order valence-corrected chi connectivity index (χ2v) is 4.03. The van der Waals surface area contributed by atoms with Gasteiger partial charge in [0.15, 0.2) is 0 Å². The van der Waals surface area contributed by atoms with Crippen LogP contribution in [0.15, 0.2) is 18.2 Å². The molecule has 0 aliphatic carbocycles. The number of nitrogens with zero attached hydrogens (tertiary/aromatic N) is 1. The Bertz CT molecular complexity index is 532. The third kappa shape index (κ3) is 2.21. The fourth-order valence-corrected chi connectivity index (χ4v) is 2.09. The Morgan fingerprint density at radius 1 is 1.56 bits per heavy atom. The van der Waals surface area contributed by atoms with Crippen LogP contribution in [0.3, 0.4) is 0 Å². The van der Waals surface area contributed by atoms with Gasteiger partial charge in [0.2, 0.25) is 0 Å². The maximum Gasteiger partial charge on any atom is 0.323 e. The Labute approximate surface area is 104 Å². The molecular formula is C13H13NO4. The molecule has 2 rings (SSSR count). The monoisotopic (exact) mass is 247 g/mol. The van der Waals surface area contributed by atoms with E-state index in [1.54, 1.807) is 30.2 Å². The van der Waals surface area contributed by atoms with E-state index >= 15 is 0 Å². The van der Waals surface area contributed by atoms with Crippen LogP contribution in [0.5, 0.6) is 5.75 Å². The van der Waals surface area contributed by atoms with Crippen LogP contribution < -0.4 is 9.64 Å². The van der Waals surface area contributed by atoms with Crippen molar-refractivity contribution in [1.29, 1.82) is 0 Å². The average molecular weight is 247 g/mol. The average Bonchev–Trinajstić information content (AvgIpc) is 2.38. The molecule has 0 radical (unpaired) electrons. The van der Waals surface area contributed by atoms with E-state index in [2.05, 4.69) is 0 Å². The van der Waals surface area contributed by atoms with Gasteiger partial charge in [-0.25, -0.2) is 4.79 Å². The van der Waals surface area contributed by atoms with E-state index in [9.17, 15) is 9.59 Å². The van der Waals surface area contributed by atoms with Crippen molar-refractivity contribution in [3.63, 3.8) is 0 Å². The largest absolute Gasteiger partial charge is 0.497 e. The molecule has 1 heterocycles. The molecule has 0 spiro atoms. The zero-order chi connectivity index (χ0) is 13.1. The molecule has 0 aromatic heterocycles. The number of hydrogen-bond donors (Lipinski definition) is 1. The fourth-order valence-electron chi connectivity index (χ4n) is 2.09. The van der Waals surface area contributed by atoms with Gasteiger partial charge in [-0.15, -0.1) is 0 Å². The lowest BCUT2D eigenvalue weighted by Crippen LogP contribution is -2.33. The molecule has 0 saturated carbocycles. The van der Waals surface area contributed by atoms with Gasteiger partial charge in [0.05, 0.1) is 7.11 Å². The molecule has 1 N–H and O–H groups in total. The highest BCUT2D eigenvalue weighted by Gasteiger charge is 2.23. The Morgan fingerprint density at radius 2 is 2.33 bits per heavy atom. The molecule has 5 heteroatoms. The van der Waals surface area contributed by atoms with Crippen LogP contribution in [-0.4, -0.2) is 37.2 Å². The summed E-state index contributed by atoms with van der Waals surface area (Å²) in [5.74, 6) is 1.67. The van der Waals surface area contributed by atoms with Crippen LogP contribution in [0, 0.1) is 0 Å². The summed E-state index contributed by atoms with van der Waals surface area (Å²) in [6.45, 7) is 0.432. The minimum Gasteiger partial charge on any atom is -0.497 e. The van der Waals surface area contributed by atoms with Gasteiger partial charge < -0.3 is 14.7 Å². The molecule has 5 nitrogen and oxygen atoms in total. The molecule has 0 atom stereocenters. The van der Waals surface area contributed by atoms with Crippen LogP contribution in [0.2, 0.25) is 0 Å². The highest BCUT2D eigenvalue weighted by atomic mass is 16.5.